The first-order valence-corrected chi connectivity index (χ1v) is 15.7. The number of nitrogens with zero attached hydrogens (tertiary/aromatic N) is 5. The average molecular weight is 608 g/mol. The molecule has 2 heterocycles. The zero-order valence-corrected chi connectivity index (χ0v) is 27.4. The minimum atomic E-state index is 0.391. The highest BCUT2D eigenvalue weighted by molar-refractivity contribution is 6.12. The third kappa shape index (κ3) is 5.03. The summed E-state index contributed by atoms with van der Waals surface area (Å²) in [5, 5.41) is 21.8. The lowest BCUT2D eigenvalue weighted by Crippen LogP contribution is -1.99. The van der Waals surface area contributed by atoms with Crippen LogP contribution < -0.4 is 0 Å². The van der Waals surface area contributed by atoms with Crippen molar-refractivity contribution in [2.24, 2.45) is 0 Å². The van der Waals surface area contributed by atoms with Crippen molar-refractivity contribution in [3.05, 3.63) is 136 Å². The van der Waals surface area contributed by atoms with E-state index in [1.807, 2.05) is 18.2 Å². The van der Waals surface area contributed by atoms with Gasteiger partial charge in [0.2, 0.25) is 0 Å². The minimum absolute atomic E-state index is 0.391. The van der Waals surface area contributed by atoms with Gasteiger partial charge in [0.15, 0.2) is 5.82 Å². The first-order valence-electron chi connectivity index (χ1n) is 15.7. The molecule has 5 nitrogen and oxygen atoms in total. The lowest BCUT2D eigenvalue weighted by molar-refractivity contribution is 1.14. The Labute approximate surface area is 275 Å². The summed E-state index contributed by atoms with van der Waals surface area (Å²) in [5.74, 6) is 0.469. The normalized spacial score (nSPS) is 11.1. The van der Waals surface area contributed by atoms with Crippen LogP contribution in [0.4, 0.5) is 0 Å². The molecule has 5 aromatic carbocycles. The van der Waals surface area contributed by atoms with Gasteiger partial charge in [-0.05, 0) is 129 Å². The van der Waals surface area contributed by atoms with Crippen molar-refractivity contribution in [3.63, 3.8) is 0 Å². The van der Waals surface area contributed by atoms with Crippen LogP contribution in [0.5, 0.6) is 0 Å². The topological polar surface area (TPSA) is 78.3 Å². The van der Waals surface area contributed by atoms with Gasteiger partial charge in [-0.15, -0.1) is 0 Å². The van der Waals surface area contributed by atoms with Gasteiger partial charge in [0.1, 0.15) is 12.1 Å². The number of fused-ring (bicyclic) bond motifs is 3. The predicted molar refractivity (Wildman–Crippen MR) is 191 cm³/mol. The smallest absolute Gasteiger partial charge is 0.159 e. The largest absolute Gasteiger partial charge is 0.308 e. The third-order valence-electron chi connectivity index (χ3n) is 9.09. The van der Waals surface area contributed by atoms with Crippen molar-refractivity contribution >= 4 is 21.8 Å². The van der Waals surface area contributed by atoms with Gasteiger partial charge in [0, 0.05) is 28.7 Å². The average Bonchev–Trinajstić information content (AvgIpc) is 3.36. The standard InChI is InChI=1S/C42H33N5/c1-24-13-26(3)40(27(4)14-24)31-7-11-38-35(18-31)36-19-32(41-28(5)15-25(2)16-29(41)6)8-12-39(36)47(38)37-10-9-33(17-34(37)21-44)42-45-22-30(20-43)23-46-42/h7-19,22-23H,1-6H3. The molecular formula is C42H33N5. The van der Waals surface area contributed by atoms with E-state index in [2.05, 4.69) is 129 Å². The molecule has 226 valence electrons. The van der Waals surface area contributed by atoms with Crippen molar-refractivity contribution in [1.82, 2.24) is 14.5 Å². The predicted octanol–water partition coefficient (Wildman–Crippen LogP) is 10.2. The van der Waals surface area contributed by atoms with E-state index in [9.17, 15) is 5.26 Å². The van der Waals surface area contributed by atoms with Gasteiger partial charge in [0.25, 0.3) is 0 Å². The van der Waals surface area contributed by atoms with Gasteiger partial charge in [-0.1, -0.05) is 47.5 Å². The molecule has 47 heavy (non-hydrogen) atoms. The van der Waals surface area contributed by atoms with Crippen molar-refractivity contribution in [2.75, 3.05) is 0 Å². The van der Waals surface area contributed by atoms with Gasteiger partial charge in [-0.2, -0.15) is 10.5 Å². The highest BCUT2D eigenvalue weighted by Gasteiger charge is 2.19. The van der Waals surface area contributed by atoms with Crippen LogP contribution in [0.3, 0.4) is 0 Å². The highest BCUT2D eigenvalue weighted by Crippen LogP contribution is 2.40. The lowest BCUT2D eigenvalue weighted by atomic mass is 9.91. The van der Waals surface area contributed by atoms with E-state index < -0.39 is 0 Å². The number of nitriles is 2. The molecule has 0 spiro atoms. The fourth-order valence-corrected chi connectivity index (χ4v) is 7.36. The summed E-state index contributed by atoms with van der Waals surface area (Å²) < 4.78 is 2.20. The minimum Gasteiger partial charge on any atom is -0.308 e. The van der Waals surface area contributed by atoms with Crippen LogP contribution in [-0.2, 0) is 0 Å². The fraction of sp³-hybridized carbons (Fsp3) is 0.143. The molecule has 7 aromatic rings. The molecule has 0 fully saturated rings. The summed E-state index contributed by atoms with van der Waals surface area (Å²) in [6.45, 7) is 13.0. The zero-order chi connectivity index (χ0) is 33.0. The van der Waals surface area contributed by atoms with Crippen LogP contribution in [-0.4, -0.2) is 14.5 Å². The Morgan fingerprint density at radius 3 is 1.45 bits per heavy atom. The van der Waals surface area contributed by atoms with Gasteiger partial charge < -0.3 is 4.57 Å². The van der Waals surface area contributed by atoms with Crippen LogP contribution in [0.2, 0.25) is 0 Å². The van der Waals surface area contributed by atoms with Crippen molar-refractivity contribution in [2.45, 2.75) is 41.5 Å². The molecule has 2 aromatic heterocycles. The first-order chi connectivity index (χ1) is 22.7. The number of hydrogen-bond acceptors (Lipinski definition) is 4. The highest BCUT2D eigenvalue weighted by atomic mass is 15.0. The summed E-state index contributed by atoms with van der Waals surface area (Å²) >= 11 is 0. The molecule has 7 rings (SSSR count). The number of aromatic nitrogens is 3. The Morgan fingerprint density at radius 2 is 1.00 bits per heavy atom. The molecule has 5 heteroatoms. The fourth-order valence-electron chi connectivity index (χ4n) is 7.36. The summed E-state index contributed by atoms with van der Waals surface area (Å²) in [7, 11) is 0. The molecule has 0 aliphatic carbocycles. The van der Waals surface area contributed by atoms with Crippen LogP contribution in [0, 0.1) is 64.2 Å². The van der Waals surface area contributed by atoms with E-state index in [1.54, 1.807) is 0 Å². The molecule has 0 saturated heterocycles. The molecular weight excluding hydrogens is 574 g/mol. The Hall–Kier alpha value is -6.04. The third-order valence-corrected chi connectivity index (χ3v) is 9.09. The first kappa shape index (κ1) is 29.7. The van der Waals surface area contributed by atoms with Gasteiger partial charge in [-0.3, -0.25) is 0 Å². The summed E-state index contributed by atoms with van der Waals surface area (Å²) in [4.78, 5) is 8.71. The Morgan fingerprint density at radius 1 is 0.532 bits per heavy atom. The molecule has 0 atom stereocenters. The van der Waals surface area contributed by atoms with Gasteiger partial charge in [0.05, 0.1) is 27.8 Å². The van der Waals surface area contributed by atoms with Gasteiger partial charge >= 0.3 is 0 Å². The molecule has 0 radical (unpaired) electrons. The van der Waals surface area contributed by atoms with Crippen molar-refractivity contribution in [3.8, 4) is 51.5 Å². The second-order valence-corrected chi connectivity index (χ2v) is 12.6. The maximum absolute atomic E-state index is 10.4. The van der Waals surface area contributed by atoms with Gasteiger partial charge in [-0.25, -0.2) is 9.97 Å². The molecule has 0 unspecified atom stereocenters. The quantitative estimate of drug-likeness (QED) is 0.199. The van der Waals surface area contributed by atoms with E-state index >= 15 is 0 Å². The molecule has 0 N–H and O–H groups in total. The summed E-state index contributed by atoms with van der Waals surface area (Å²) in [6, 6.07) is 32.6. The maximum atomic E-state index is 10.4. The van der Waals surface area contributed by atoms with E-state index in [0.717, 1.165) is 33.1 Å². The van der Waals surface area contributed by atoms with Crippen molar-refractivity contribution < 1.29 is 0 Å². The number of rotatable bonds is 4. The molecule has 0 aliphatic heterocycles. The lowest BCUT2D eigenvalue weighted by Gasteiger charge is -2.14. The zero-order valence-electron chi connectivity index (χ0n) is 27.4. The molecule has 0 bridgehead atoms. The van der Waals surface area contributed by atoms with Crippen molar-refractivity contribution in [1.29, 1.82) is 10.5 Å². The van der Waals surface area contributed by atoms with E-state index in [4.69, 9.17) is 5.26 Å². The maximum Gasteiger partial charge on any atom is 0.159 e. The van der Waals surface area contributed by atoms with Crippen LogP contribution in [0.15, 0.2) is 91.3 Å². The monoisotopic (exact) mass is 607 g/mol. The van der Waals surface area contributed by atoms with Crippen LogP contribution in [0.25, 0.3) is 61.1 Å². The summed E-state index contributed by atoms with van der Waals surface area (Å²) in [6.07, 6.45) is 3.00. The second-order valence-electron chi connectivity index (χ2n) is 12.6. The molecule has 0 amide bonds. The molecule has 0 saturated carbocycles. The summed E-state index contributed by atoms with van der Waals surface area (Å²) in [5.41, 5.74) is 16.9. The van der Waals surface area contributed by atoms with E-state index in [0.29, 0.717) is 17.0 Å². The number of aryl methyl sites for hydroxylation is 6. The number of benzene rings is 5. The Kier molecular flexibility index (Phi) is 7.19. The van der Waals surface area contributed by atoms with Crippen LogP contribution in [0.1, 0.15) is 44.5 Å². The van der Waals surface area contributed by atoms with E-state index in [1.165, 1.54) is 68.0 Å². The van der Waals surface area contributed by atoms with Crippen LogP contribution >= 0.6 is 0 Å². The second kappa shape index (κ2) is 11.4. The Bertz CT molecular complexity index is 2320. The van der Waals surface area contributed by atoms with E-state index in [-0.39, 0.29) is 0 Å². The molecule has 0 aliphatic rings. The number of hydrogen-bond donors (Lipinski definition) is 0. The SMILES string of the molecule is Cc1cc(C)c(-c2ccc3c(c2)c2cc(-c4c(C)cc(C)cc4C)ccc2n3-c2ccc(-c3ncc(C#N)cn3)cc2C#N)c(C)c1. The Balaban J connectivity index is 1.50.